The predicted octanol–water partition coefficient (Wildman–Crippen LogP) is 3.00. The van der Waals surface area contributed by atoms with Crippen LogP contribution in [0.2, 0.25) is 0 Å². The van der Waals surface area contributed by atoms with Gasteiger partial charge < -0.3 is 19.5 Å². The summed E-state index contributed by atoms with van der Waals surface area (Å²) in [5.74, 6) is 0. The number of aromatic nitrogens is 1. The predicted molar refractivity (Wildman–Crippen MR) is 87.8 cm³/mol. The molecule has 1 fully saturated rings. The molecule has 0 aliphatic heterocycles. The smallest absolute Gasteiger partial charge is 0.410 e. The van der Waals surface area contributed by atoms with Crippen molar-refractivity contribution >= 4 is 6.09 Å². The van der Waals surface area contributed by atoms with Crippen LogP contribution in [0.3, 0.4) is 0 Å². The largest absolute Gasteiger partial charge is 0.444 e. The summed E-state index contributed by atoms with van der Waals surface area (Å²) in [6.07, 6.45) is 4.10. The van der Waals surface area contributed by atoms with Gasteiger partial charge in [-0.25, -0.2) is 4.79 Å². The number of hydrogen-bond acceptors (Lipinski definition) is 3. The number of rotatable bonds is 7. The zero-order chi connectivity index (χ0) is 16.2. The van der Waals surface area contributed by atoms with Crippen LogP contribution in [-0.2, 0) is 17.8 Å². The summed E-state index contributed by atoms with van der Waals surface area (Å²) >= 11 is 0. The van der Waals surface area contributed by atoms with Crippen molar-refractivity contribution in [2.24, 2.45) is 0 Å². The van der Waals surface area contributed by atoms with Gasteiger partial charge in [0.05, 0.1) is 0 Å². The van der Waals surface area contributed by atoms with Crippen molar-refractivity contribution in [1.82, 2.24) is 14.8 Å². The van der Waals surface area contributed by atoms with Crippen LogP contribution in [0, 0.1) is 0 Å². The van der Waals surface area contributed by atoms with E-state index >= 15 is 0 Å². The Bertz CT molecular complexity index is 486. The van der Waals surface area contributed by atoms with E-state index in [4.69, 9.17) is 4.74 Å². The van der Waals surface area contributed by atoms with Gasteiger partial charge in [0.1, 0.15) is 5.60 Å². The molecule has 0 radical (unpaired) electrons. The van der Waals surface area contributed by atoms with E-state index in [2.05, 4.69) is 35.1 Å². The molecule has 1 aliphatic carbocycles. The van der Waals surface area contributed by atoms with Crippen LogP contribution in [0.1, 0.15) is 46.2 Å². The van der Waals surface area contributed by atoms with Crippen LogP contribution >= 0.6 is 0 Å². The molecular formula is C17H29N3O2. The van der Waals surface area contributed by atoms with Gasteiger partial charge in [-0.15, -0.1) is 0 Å². The number of amides is 1. The molecule has 1 aliphatic rings. The quantitative estimate of drug-likeness (QED) is 0.788. The first-order valence-corrected chi connectivity index (χ1v) is 8.25. The van der Waals surface area contributed by atoms with E-state index in [1.807, 2.05) is 25.7 Å². The molecule has 2 rings (SSSR count). The molecule has 1 N–H and O–H groups in total. The summed E-state index contributed by atoms with van der Waals surface area (Å²) in [6, 6.07) is 4.57. The van der Waals surface area contributed by atoms with Crippen LogP contribution in [-0.4, -0.2) is 40.3 Å². The van der Waals surface area contributed by atoms with Gasteiger partial charge in [-0.2, -0.15) is 0 Å². The summed E-state index contributed by atoms with van der Waals surface area (Å²) in [5, 5.41) is 3.42. The van der Waals surface area contributed by atoms with Crippen molar-refractivity contribution < 1.29 is 9.53 Å². The molecular weight excluding hydrogens is 278 g/mol. The van der Waals surface area contributed by atoms with Crippen LogP contribution in [0.4, 0.5) is 4.79 Å². The molecule has 5 heteroatoms. The highest BCUT2D eigenvalue weighted by Gasteiger charge is 2.34. The van der Waals surface area contributed by atoms with Crippen molar-refractivity contribution in [1.29, 1.82) is 0 Å². The minimum Gasteiger partial charge on any atom is -0.444 e. The minimum absolute atomic E-state index is 0.186. The summed E-state index contributed by atoms with van der Waals surface area (Å²) < 4.78 is 7.72. The number of carbonyl (C=O) groups is 1. The molecule has 1 aromatic rings. The molecule has 5 nitrogen and oxygen atoms in total. The molecule has 0 aromatic carbocycles. The van der Waals surface area contributed by atoms with Gasteiger partial charge in [-0.1, -0.05) is 0 Å². The highest BCUT2D eigenvalue weighted by atomic mass is 16.6. The van der Waals surface area contributed by atoms with E-state index in [1.54, 1.807) is 0 Å². The van der Waals surface area contributed by atoms with Gasteiger partial charge in [0.25, 0.3) is 0 Å². The number of nitrogens with zero attached hydrogens (tertiary/aromatic N) is 2. The summed E-state index contributed by atoms with van der Waals surface area (Å²) in [4.78, 5) is 14.1. The molecule has 1 heterocycles. The number of hydrogen-bond donors (Lipinski definition) is 1. The Hall–Kier alpha value is -1.49. The maximum absolute atomic E-state index is 12.2. The van der Waals surface area contributed by atoms with Gasteiger partial charge in [0, 0.05) is 44.1 Å². The molecule has 22 heavy (non-hydrogen) atoms. The fraction of sp³-hybridized carbons (Fsp3) is 0.706. The lowest BCUT2D eigenvalue weighted by Crippen LogP contribution is -2.41. The molecule has 124 valence electrons. The molecule has 1 aromatic heterocycles. The van der Waals surface area contributed by atoms with E-state index in [0.29, 0.717) is 12.6 Å². The molecule has 0 spiro atoms. The zero-order valence-electron chi connectivity index (χ0n) is 14.3. The number of carbonyl (C=O) groups excluding carboxylic acids is 1. The second-order valence-electron chi connectivity index (χ2n) is 6.87. The van der Waals surface area contributed by atoms with Gasteiger partial charge in [-0.3, -0.25) is 0 Å². The number of nitrogens with one attached hydrogen (secondary N) is 1. The van der Waals surface area contributed by atoms with E-state index in [0.717, 1.165) is 32.5 Å². The fourth-order valence-electron chi connectivity index (χ4n) is 2.46. The fourth-order valence-corrected chi connectivity index (χ4v) is 2.46. The Morgan fingerprint density at radius 2 is 2.18 bits per heavy atom. The Morgan fingerprint density at radius 3 is 2.77 bits per heavy atom. The van der Waals surface area contributed by atoms with E-state index in [1.165, 1.54) is 5.69 Å². The topological polar surface area (TPSA) is 46.5 Å². The van der Waals surface area contributed by atoms with Crippen molar-refractivity contribution in [3.05, 3.63) is 24.0 Å². The third kappa shape index (κ3) is 5.05. The Kier molecular flexibility index (Phi) is 5.51. The van der Waals surface area contributed by atoms with Gasteiger partial charge >= 0.3 is 6.09 Å². The highest BCUT2D eigenvalue weighted by molar-refractivity contribution is 5.69. The van der Waals surface area contributed by atoms with Crippen molar-refractivity contribution in [3.63, 3.8) is 0 Å². The lowest BCUT2D eigenvalue weighted by molar-refractivity contribution is 0.0236. The molecule has 0 bridgehead atoms. The zero-order valence-corrected chi connectivity index (χ0v) is 14.3. The summed E-state index contributed by atoms with van der Waals surface area (Å²) in [5.41, 5.74) is 0.845. The van der Waals surface area contributed by atoms with Crippen molar-refractivity contribution in [3.8, 4) is 0 Å². The lowest BCUT2D eigenvalue weighted by atomic mass is 10.2. The van der Waals surface area contributed by atoms with Gasteiger partial charge in [0.2, 0.25) is 0 Å². The Balaban J connectivity index is 1.76. The average Bonchev–Trinajstić information content (AvgIpc) is 3.14. The molecule has 1 saturated carbocycles. The third-order valence-corrected chi connectivity index (χ3v) is 3.72. The molecule has 0 saturated heterocycles. The molecule has 0 atom stereocenters. The monoisotopic (exact) mass is 307 g/mol. The molecule has 1 amide bonds. The second-order valence-corrected chi connectivity index (χ2v) is 6.87. The first kappa shape index (κ1) is 16.9. The van der Waals surface area contributed by atoms with Crippen LogP contribution in [0.5, 0.6) is 0 Å². The van der Waals surface area contributed by atoms with E-state index < -0.39 is 5.60 Å². The molecule has 0 unspecified atom stereocenters. The first-order valence-electron chi connectivity index (χ1n) is 8.25. The number of aryl methyl sites for hydroxylation is 1. The normalized spacial score (nSPS) is 14.9. The first-order chi connectivity index (χ1) is 10.4. The van der Waals surface area contributed by atoms with E-state index in [9.17, 15) is 4.79 Å². The van der Waals surface area contributed by atoms with Gasteiger partial charge in [0.15, 0.2) is 0 Å². The third-order valence-electron chi connectivity index (χ3n) is 3.72. The summed E-state index contributed by atoms with van der Waals surface area (Å²) in [6.45, 7) is 11.2. The lowest BCUT2D eigenvalue weighted by Gasteiger charge is -2.27. The van der Waals surface area contributed by atoms with Crippen LogP contribution in [0.15, 0.2) is 18.3 Å². The average molecular weight is 307 g/mol. The Labute approximate surface area is 133 Å². The summed E-state index contributed by atoms with van der Waals surface area (Å²) in [7, 11) is 0. The van der Waals surface area contributed by atoms with Crippen molar-refractivity contribution in [2.75, 3.05) is 13.1 Å². The highest BCUT2D eigenvalue weighted by Crippen LogP contribution is 2.28. The maximum atomic E-state index is 12.2. The van der Waals surface area contributed by atoms with Crippen LogP contribution in [0.25, 0.3) is 0 Å². The minimum atomic E-state index is -0.431. The van der Waals surface area contributed by atoms with Gasteiger partial charge in [-0.05, 0) is 52.7 Å². The Morgan fingerprint density at radius 1 is 1.45 bits per heavy atom. The van der Waals surface area contributed by atoms with Crippen LogP contribution < -0.4 is 5.32 Å². The second kappa shape index (κ2) is 7.18. The SMILES string of the molecule is CCn1cccc1CNCCN(C(=O)OC(C)(C)C)C1CC1. The maximum Gasteiger partial charge on any atom is 0.410 e. The standard InChI is InChI=1S/C17H29N3O2/c1-5-19-11-6-7-15(19)13-18-10-12-20(14-8-9-14)16(21)22-17(2,3)4/h6-7,11,14,18H,5,8-10,12-13H2,1-4H3. The number of ether oxygens (including phenoxy) is 1. The van der Waals surface area contributed by atoms with Crippen molar-refractivity contribution in [2.45, 2.75) is 65.3 Å². The van der Waals surface area contributed by atoms with E-state index in [-0.39, 0.29) is 6.09 Å².